The molecular formula is C7H6Cl2N2O2. The lowest BCUT2D eigenvalue weighted by Crippen LogP contribution is -2.23. The summed E-state index contributed by atoms with van der Waals surface area (Å²) < 4.78 is -2.09. The van der Waals surface area contributed by atoms with Crippen molar-refractivity contribution in [2.45, 2.75) is 11.4 Å². The molecule has 1 heterocycles. The minimum absolute atomic E-state index is 0.246. The lowest BCUT2D eigenvalue weighted by molar-refractivity contribution is -0.523. The van der Waals surface area contributed by atoms with Crippen LogP contribution in [0, 0.1) is 17.0 Å². The number of hydrogen-bond acceptors (Lipinski definition) is 3. The van der Waals surface area contributed by atoms with Crippen LogP contribution in [0.15, 0.2) is 18.5 Å². The molecule has 0 aromatic carbocycles. The Hall–Kier alpha value is -0.870. The van der Waals surface area contributed by atoms with Crippen LogP contribution in [0.3, 0.4) is 0 Å². The zero-order valence-corrected chi connectivity index (χ0v) is 8.21. The molecule has 0 aliphatic carbocycles. The van der Waals surface area contributed by atoms with Gasteiger partial charge in [-0.05, 0) is 41.8 Å². The van der Waals surface area contributed by atoms with Crippen molar-refractivity contribution in [2.75, 3.05) is 0 Å². The number of aryl methyl sites for hydroxylation is 1. The van der Waals surface area contributed by atoms with Crippen molar-refractivity contribution >= 4 is 23.2 Å². The van der Waals surface area contributed by atoms with E-state index >= 15 is 0 Å². The maximum Gasteiger partial charge on any atom is 0.397 e. The molecule has 0 saturated carbocycles. The van der Waals surface area contributed by atoms with Crippen LogP contribution in [-0.4, -0.2) is 9.91 Å². The van der Waals surface area contributed by atoms with Gasteiger partial charge in [-0.1, -0.05) is 0 Å². The predicted molar refractivity (Wildman–Crippen MR) is 49.4 cm³/mol. The molecule has 1 aromatic rings. The van der Waals surface area contributed by atoms with Crippen LogP contribution >= 0.6 is 23.2 Å². The molecule has 0 unspecified atom stereocenters. The summed E-state index contributed by atoms with van der Waals surface area (Å²) in [7, 11) is 0. The normalized spacial score (nSPS) is 11.3. The number of rotatable bonds is 2. The molecule has 13 heavy (non-hydrogen) atoms. The monoisotopic (exact) mass is 220 g/mol. The van der Waals surface area contributed by atoms with Gasteiger partial charge in [0, 0.05) is 12.4 Å². The van der Waals surface area contributed by atoms with Gasteiger partial charge in [0.2, 0.25) is 0 Å². The number of nitro groups is 1. The summed E-state index contributed by atoms with van der Waals surface area (Å²) in [4.78, 5) is 13.5. The Kier molecular flexibility index (Phi) is 2.73. The zero-order chi connectivity index (χ0) is 10.1. The van der Waals surface area contributed by atoms with Crippen LogP contribution < -0.4 is 0 Å². The average Bonchev–Trinajstić information content (AvgIpc) is 2.04. The second kappa shape index (κ2) is 3.47. The van der Waals surface area contributed by atoms with Crippen LogP contribution in [0.25, 0.3) is 0 Å². The topological polar surface area (TPSA) is 56.0 Å². The predicted octanol–water partition coefficient (Wildman–Crippen LogP) is 2.25. The highest BCUT2D eigenvalue weighted by molar-refractivity contribution is 6.46. The third-order valence-electron chi connectivity index (χ3n) is 1.57. The highest BCUT2D eigenvalue weighted by Gasteiger charge is 2.41. The van der Waals surface area contributed by atoms with E-state index in [2.05, 4.69) is 4.98 Å². The van der Waals surface area contributed by atoms with Crippen molar-refractivity contribution in [3.63, 3.8) is 0 Å². The fourth-order valence-electron chi connectivity index (χ4n) is 0.909. The third kappa shape index (κ3) is 1.89. The fraction of sp³-hybridized carbons (Fsp3) is 0.286. The molecule has 0 aliphatic rings. The molecule has 70 valence electrons. The summed E-state index contributed by atoms with van der Waals surface area (Å²) >= 11 is 11.1. The SMILES string of the molecule is Cc1cnccc1C(Cl)(Cl)[N+](=O)[O-]. The smallest absolute Gasteiger partial charge is 0.264 e. The first-order valence-corrected chi connectivity index (χ1v) is 4.15. The second-order valence-corrected chi connectivity index (χ2v) is 3.78. The Morgan fingerprint density at radius 2 is 2.23 bits per heavy atom. The Morgan fingerprint density at radius 1 is 1.62 bits per heavy atom. The molecule has 0 saturated heterocycles. The van der Waals surface area contributed by atoms with Crippen LogP contribution in [0.5, 0.6) is 0 Å². The lowest BCUT2D eigenvalue weighted by Gasteiger charge is -2.12. The first kappa shape index (κ1) is 10.2. The molecule has 0 atom stereocenters. The van der Waals surface area contributed by atoms with E-state index in [0.717, 1.165) is 0 Å². The van der Waals surface area contributed by atoms with Gasteiger partial charge < -0.3 is 0 Å². The van der Waals surface area contributed by atoms with E-state index in [4.69, 9.17) is 23.2 Å². The average molecular weight is 221 g/mol. The third-order valence-corrected chi connectivity index (χ3v) is 2.26. The highest BCUT2D eigenvalue weighted by Crippen LogP contribution is 2.35. The summed E-state index contributed by atoms with van der Waals surface area (Å²) in [5.74, 6) is 0. The van der Waals surface area contributed by atoms with E-state index in [1.165, 1.54) is 18.5 Å². The molecule has 1 aromatic heterocycles. The van der Waals surface area contributed by atoms with Gasteiger partial charge in [-0.15, -0.1) is 0 Å². The summed E-state index contributed by atoms with van der Waals surface area (Å²) in [6, 6.07) is 1.43. The number of pyridine rings is 1. The van der Waals surface area contributed by atoms with Gasteiger partial charge in [0.1, 0.15) is 0 Å². The molecule has 0 amide bonds. The molecule has 0 N–H and O–H groups in total. The molecule has 0 aliphatic heterocycles. The highest BCUT2D eigenvalue weighted by atomic mass is 35.5. The van der Waals surface area contributed by atoms with Crippen molar-refractivity contribution in [1.82, 2.24) is 4.98 Å². The first-order valence-electron chi connectivity index (χ1n) is 3.39. The van der Waals surface area contributed by atoms with E-state index in [-0.39, 0.29) is 5.56 Å². The van der Waals surface area contributed by atoms with Gasteiger partial charge >= 0.3 is 4.46 Å². The molecular weight excluding hydrogens is 215 g/mol. The minimum Gasteiger partial charge on any atom is -0.264 e. The minimum atomic E-state index is -2.09. The number of hydrogen-bond donors (Lipinski definition) is 0. The Balaban J connectivity index is 3.22. The van der Waals surface area contributed by atoms with Crippen molar-refractivity contribution in [3.8, 4) is 0 Å². The number of nitrogens with zero attached hydrogens (tertiary/aromatic N) is 2. The molecule has 0 bridgehead atoms. The van der Waals surface area contributed by atoms with E-state index in [0.29, 0.717) is 5.56 Å². The quantitative estimate of drug-likeness (QED) is 0.333. The van der Waals surface area contributed by atoms with Gasteiger partial charge in [-0.3, -0.25) is 15.1 Å². The van der Waals surface area contributed by atoms with E-state index in [9.17, 15) is 10.1 Å². The maximum atomic E-state index is 10.5. The molecule has 4 nitrogen and oxygen atoms in total. The van der Waals surface area contributed by atoms with Crippen LogP contribution in [-0.2, 0) is 4.46 Å². The number of halogens is 2. The molecule has 0 spiro atoms. The van der Waals surface area contributed by atoms with Crippen LogP contribution in [0.2, 0.25) is 0 Å². The van der Waals surface area contributed by atoms with E-state index in [1.54, 1.807) is 6.92 Å². The summed E-state index contributed by atoms with van der Waals surface area (Å²) in [5.41, 5.74) is 0.833. The van der Waals surface area contributed by atoms with Gasteiger partial charge in [0.15, 0.2) is 0 Å². The number of alkyl halides is 2. The number of aromatic nitrogens is 1. The first-order chi connectivity index (χ1) is 5.96. The fourth-order valence-corrected chi connectivity index (χ4v) is 1.33. The van der Waals surface area contributed by atoms with Crippen LogP contribution in [0.4, 0.5) is 0 Å². The zero-order valence-electron chi connectivity index (χ0n) is 6.70. The summed E-state index contributed by atoms with van der Waals surface area (Å²) in [6.07, 6.45) is 2.88. The van der Waals surface area contributed by atoms with Gasteiger partial charge in [-0.2, -0.15) is 0 Å². The van der Waals surface area contributed by atoms with Crippen molar-refractivity contribution < 1.29 is 4.92 Å². The molecule has 0 fully saturated rings. The second-order valence-electron chi connectivity index (χ2n) is 2.49. The summed E-state index contributed by atoms with van der Waals surface area (Å²) in [6.45, 7) is 1.66. The standard InChI is InChI=1S/C7H6Cl2N2O2/c1-5-4-10-3-2-6(5)7(8,9)11(12)13/h2-4H,1H3. The molecule has 6 heteroatoms. The van der Waals surface area contributed by atoms with Gasteiger partial charge in [0.05, 0.1) is 10.5 Å². The van der Waals surface area contributed by atoms with Gasteiger partial charge in [-0.25, -0.2) is 0 Å². The van der Waals surface area contributed by atoms with Crippen molar-refractivity contribution in [2.24, 2.45) is 0 Å². The Morgan fingerprint density at radius 3 is 2.69 bits per heavy atom. The molecule has 0 radical (unpaired) electrons. The van der Waals surface area contributed by atoms with E-state index in [1.807, 2.05) is 0 Å². The van der Waals surface area contributed by atoms with Crippen molar-refractivity contribution in [3.05, 3.63) is 39.7 Å². The molecule has 1 rings (SSSR count). The lowest BCUT2D eigenvalue weighted by atomic mass is 10.1. The Labute approximate surface area is 84.6 Å². The summed E-state index contributed by atoms with van der Waals surface area (Å²) in [5, 5.41) is 10.5. The van der Waals surface area contributed by atoms with Crippen LogP contribution in [0.1, 0.15) is 11.1 Å². The maximum absolute atomic E-state index is 10.5. The van der Waals surface area contributed by atoms with Gasteiger partial charge in [0.25, 0.3) is 0 Å². The van der Waals surface area contributed by atoms with Crippen molar-refractivity contribution in [1.29, 1.82) is 0 Å². The Bertz CT molecular complexity index is 341. The van der Waals surface area contributed by atoms with E-state index < -0.39 is 9.38 Å². The largest absolute Gasteiger partial charge is 0.397 e.